The summed E-state index contributed by atoms with van der Waals surface area (Å²) < 4.78 is 11.2. The molecule has 0 bridgehead atoms. The molecule has 0 saturated carbocycles. The lowest BCUT2D eigenvalue weighted by molar-refractivity contribution is 0.0724. The third kappa shape index (κ3) is 11.7. The molecule has 0 saturated heterocycles. The summed E-state index contributed by atoms with van der Waals surface area (Å²) in [6.07, 6.45) is 2.35. The fourth-order valence-electron chi connectivity index (χ4n) is 2.80. The van der Waals surface area contributed by atoms with E-state index in [0.717, 1.165) is 12.2 Å². The highest BCUT2D eigenvalue weighted by atomic mass is 35.5. The normalized spacial score (nSPS) is 13.3. The fraction of sp³-hybridized carbons (Fsp3) is 0.700. The van der Waals surface area contributed by atoms with Crippen molar-refractivity contribution < 1.29 is 9.47 Å². The molecule has 0 aliphatic heterocycles. The van der Waals surface area contributed by atoms with Crippen LogP contribution < -0.4 is 10.5 Å². The number of benzene rings is 1. The summed E-state index contributed by atoms with van der Waals surface area (Å²) in [6.45, 7) is 14.8. The molecule has 0 aliphatic carbocycles. The first-order valence-corrected chi connectivity index (χ1v) is 8.63. The summed E-state index contributed by atoms with van der Waals surface area (Å²) in [5, 5.41) is 0. The highest BCUT2D eigenvalue weighted by molar-refractivity contribution is 5.85. The second-order valence-electron chi connectivity index (χ2n) is 8.61. The molecule has 0 aromatic heterocycles. The van der Waals surface area contributed by atoms with E-state index in [1.807, 2.05) is 26.0 Å². The van der Waals surface area contributed by atoms with Crippen LogP contribution >= 0.6 is 12.4 Å². The number of ether oxygens (including phenoxy) is 2. The summed E-state index contributed by atoms with van der Waals surface area (Å²) in [4.78, 5) is 0. The Morgan fingerprint density at radius 2 is 1.58 bits per heavy atom. The lowest BCUT2D eigenvalue weighted by Gasteiger charge is -2.23. The molecule has 2 N–H and O–H groups in total. The molecule has 1 unspecified atom stereocenters. The Morgan fingerprint density at radius 1 is 1.00 bits per heavy atom. The van der Waals surface area contributed by atoms with E-state index in [-0.39, 0.29) is 17.9 Å². The van der Waals surface area contributed by atoms with E-state index >= 15 is 0 Å². The van der Waals surface area contributed by atoms with Gasteiger partial charge in [0, 0.05) is 5.54 Å². The van der Waals surface area contributed by atoms with Crippen molar-refractivity contribution in [3.05, 3.63) is 29.8 Å². The Kier molecular flexibility index (Phi) is 9.94. The molecule has 1 atom stereocenters. The monoisotopic (exact) mass is 357 g/mol. The zero-order valence-electron chi connectivity index (χ0n) is 16.2. The van der Waals surface area contributed by atoms with Gasteiger partial charge in [0.15, 0.2) is 0 Å². The predicted molar refractivity (Wildman–Crippen MR) is 105 cm³/mol. The van der Waals surface area contributed by atoms with Gasteiger partial charge in [-0.05, 0) is 55.7 Å². The Bertz CT molecular complexity index is 446. The van der Waals surface area contributed by atoms with Gasteiger partial charge in [-0.25, -0.2) is 0 Å². The number of halogens is 1. The van der Waals surface area contributed by atoms with Crippen LogP contribution in [0.1, 0.15) is 53.5 Å². The van der Waals surface area contributed by atoms with E-state index in [2.05, 4.69) is 39.8 Å². The molecular weight excluding hydrogens is 322 g/mol. The first kappa shape index (κ1) is 23.2. The van der Waals surface area contributed by atoms with Gasteiger partial charge in [-0.1, -0.05) is 39.8 Å². The van der Waals surface area contributed by atoms with Crippen molar-refractivity contribution in [3.8, 4) is 5.75 Å². The van der Waals surface area contributed by atoms with Crippen LogP contribution in [0, 0.1) is 11.3 Å². The van der Waals surface area contributed by atoms with Gasteiger partial charge in [0.25, 0.3) is 0 Å². The van der Waals surface area contributed by atoms with Crippen molar-refractivity contribution in [2.75, 3.05) is 19.8 Å². The van der Waals surface area contributed by atoms with E-state index in [0.29, 0.717) is 31.2 Å². The van der Waals surface area contributed by atoms with Gasteiger partial charge in [0.1, 0.15) is 12.4 Å². The number of hydrogen-bond donors (Lipinski definition) is 1. The van der Waals surface area contributed by atoms with Crippen molar-refractivity contribution in [1.29, 1.82) is 0 Å². The quantitative estimate of drug-likeness (QED) is 0.642. The zero-order chi connectivity index (χ0) is 17.5. The van der Waals surface area contributed by atoms with Gasteiger partial charge in [-0.15, -0.1) is 12.4 Å². The first-order valence-electron chi connectivity index (χ1n) is 8.63. The maximum Gasteiger partial charge on any atom is 0.119 e. The van der Waals surface area contributed by atoms with Crippen LogP contribution in [0.25, 0.3) is 0 Å². The van der Waals surface area contributed by atoms with Gasteiger partial charge >= 0.3 is 0 Å². The smallest absolute Gasteiger partial charge is 0.119 e. The largest absolute Gasteiger partial charge is 0.491 e. The minimum Gasteiger partial charge on any atom is -0.491 e. The summed E-state index contributed by atoms with van der Waals surface area (Å²) in [5.41, 5.74) is 7.33. The average Bonchev–Trinajstić information content (AvgIpc) is 2.36. The standard InChI is InChI=1S/C20H35NO2.ClH/c1-16(14-19(2,3)4)13-17-7-9-18(10-8-17)23-12-11-22-15-20(5,6)21;/h7-10,16H,11-15,21H2,1-6H3;1H. The Morgan fingerprint density at radius 3 is 2.08 bits per heavy atom. The molecule has 0 amide bonds. The van der Waals surface area contributed by atoms with Crippen LogP contribution in [-0.2, 0) is 11.2 Å². The van der Waals surface area contributed by atoms with Crippen LogP contribution in [0.15, 0.2) is 24.3 Å². The average molecular weight is 358 g/mol. The molecule has 3 nitrogen and oxygen atoms in total. The summed E-state index contributed by atoms with van der Waals surface area (Å²) >= 11 is 0. The van der Waals surface area contributed by atoms with Crippen LogP contribution in [0.4, 0.5) is 0 Å². The van der Waals surface area contributed by atoms with E-state index in [9.17, 15) is 0 Å². The van der Waals surface area contributed by atoms with Crippen molar-refractivity contribution >= 4 is 12.4 Å². The van der Waals surface area contributed by atoms with Crippen molar-refractivity contribution in [1.82, 2.24) is 0 Å². The molecule has 0 heterocycles. The molecule has 4 heteroatoms. The maximum absolute atomic E-state index is 5.86. The van der Waals surface area contributed by atoms with Crippen LogP contribution in [0.2, 0.25) is 0 Å². The Hall–Kier alpha value is -0.770. The van der Waals surface area contributed by atoms with Gasteiger partial charge < -0.3 is 15.2 Å². The van der Waals surface area contributed by atoms with Gasteiger partial charge in [0.2, 0.25) is 0 Å². The number of nitrogens with two attached hydrogens (primary N) is 1. The van der Waals surface area contributed by atoms with Crippen LogP contribution in [-0.4, -0.2) is 25.4 Å². The second-order valence-corrected chi connectivity index (χ2v) is 8.61. The van der Waals surface area contributed by atoms with Crippen molar-refractivity contribution in [2.24, 2.45) is 17.1 Å². The topological polar surface area (TPSA) is 44.5 Å². The maximum atomic E-state index is 5.86. The van der Waals surface area contributed by atoms with Crippen molar-refractivity contribution in [3.63, 3.8) is 0 Å². The molecule has 24 heavy (non-hydrogen) atoms. The van der Waals surface area contributed by atoms with E-state index < -0.39 is 0 Å². The molecule has 0 fully saturated rings. The minimum atomic E-state index is -0.286. The summed E-state index contributed by atoms with van der Waals surface area (Å²) in [6, 6.07) is 8.43. The van der Waals surface area contributed by atoms with Gasteiger partial charge in [-0.2, -0.15) is 0 Å². The summed E-state index contributed by atoms with van der Waals surface area (Å²) in [7, 11) is 0. The first-order chi connectivity index (χ1) is 10.6. The molecular formula is C20H36ClNO2. The van der Waals surface area contributed by atoms with E-state index in [1.54, 1.807) is 0 Å². The van der Waals surface area contributed by atoms with Gasteiger partial charge in [-0.3, -0.25) is 0 Å². The summed E-state index contributed by atoms with van der Waals surface area (Å²) in [5.74, 6) is 1.59. The highest BCUT2D eigenvalue weighted by Gasteiger charge is 2.15. The molecule has 0 aliphatic rings. The van der Waals surface area contributed by atoms with E-state index in [4.69, 9.17) is 15.2 Å². The van der Waals surface area contributed by atoms with E-state index in [1.165, 1.54) is 12.0 Å². The molecule has 1 aromatic rings. The molecule has 0 spiro atoms. The number of hydrogen-bond acceptors (Lipinski definition) is 3. The molecule has 1 aromatic carbocycles. The molecule has 140 valence electrons. The SMILES string of the molecule is CC(Cc1ccc(OCCOCC(C)(C)N)cc1)CC(C)(C)C.Cl. The molecule has 0 radical (unpaired) electrons. The number of rotatable bonds is 9. The fourth-order valence-corrected chi connectivity index (χ4v) is 2.80. The minimum absolute atomic E-state index is 0. The predicted octanol–water partition coefficient (Wildman–Crippen LogP) is 4.86. The second kappa shape index (κ2) is 10.3. The van der Waals surface area contributed by atoms with Gasteiger partial charge in [0.05, 0.1) is 13.2 Å². The Balaban J connectivity index is 0.00000529. The van der Waals surface area contributed by atoms with Crippen LogP contribution in [0.3, 0.4) is 0 Å². The third-order valence-electron chi connectivity index (χ3n) is 3.44. The van der Waals surface area contributed by atoms with Crippen molar-refractivity contribution in [2.45, 2.75) is 59.9 Å². The lowest BCUT2D eigenvalue weighted by Crippen LogP contribution is -2.37. The highest BCUT2D eigenvalue weighted by Crippen LogP contribution is 2.26. The third-order valence-corrected chi connectivity index (χ3v) is 3.44. The lowest BCUT2D eigenvalue weighted by atomic mass is 9.83. The van der Waals surface area contributed by atoms with Crippen LogP contribution in [0.5, 0.6) is 5.75 Å². The zero-order valence-corrected chi connectivity index (χ0v) is 17.0. The molecule has 1 rings (SSSR count). The Labute approximate surface area is 154 Å².